The van der Waals surface area contributed by atoms with Gasteiger partial charge in [-0.05, 0) is 13.3 Å². The second kappa shape index (κ2) is 12.6. The lowest BCUT2D eigenvalue weighted by atomic mass is 10.2. The molecule has 5 rings (SSSR count). The van der Waals surface area contributed by atoms with Crippen molar-refractivity contribution < 1.29 is 33.8 Å². The van der Waals surface area contributed by atoms with Gasteiger partial charge in [-0.15, -0.1) is 0 Å². The summed E-state index contributed by atoms with van der Waals surface area (Å²) in [6.07, 6.45) is -0.206. The molecule has 2 aliphatic heterocycles. The Morgan fingerprint density at radius 2 is 1.69 bits per heavy atom. The molecular weight excluding hydrogens is 544 g/mol. The first kappa shape index (κ1) is 29.1. The average Bonchev–Trinajstić information content (AvgIpc) is 3.41. The van der Waals surface area contributed by atoms with Crippen molar-refractivity contribution in [2.45, 2.75) is 38.8 Å². The van der Waals surface area contributed by atoms with Crippen LogP contribution in [-0.2, 0) is 14.3 Å². The van der Waals surface area contributed by atoms with Crippen molar-refractivity contribution in [2.75, 3.05) is 50.8 Å². The van der Waals surface area contributed by atoms with Gasteiger partial charge in [0.05, 0.1) is 6.61 Å². The number of ether oxygens (including phenoxy) is 2. The molecule has 42 heavy (non-hydrogen) atoms. The molecule has 13 nitrogen and oxygen atoms in total. The number of benzene rings is 1. The lowest BCUT2D eigenvalue weighted by molar-refractivity contribution is -0.134. The van der Waals surface area contributed by atoms with Crippen LogP contribution in [-0.4, -0.2) is 107 Å². The number of fused-ring (bicyclic) bond motifs is 1. The van der Waals surface area contributed by atoms with Crippen molar-refractivity contribution in [3.8, 4) is 11.4 Å². The van der Waals surface area contributed by atoms with Gasteiger partial charge >= 0.3 is 12.2 Å². The molecular formula is C29H36N6O7. The second-order valence-corrected chi connectivity index (χ2v) is 10.9. The molecule has 0 unspecified atom stereocenters. The fourth-order valence-corrected chi connectivity index (χ4v) is 5.49. The SMILES string of the molecule is CCCCOC(=O)N1CCN(C(=O)[C@H](C)NC(=O)c2cc(N3C[C@@H]4[C@H](C3)[C@H]4OC(=O)O)nc(-c3ccccc3)n2)CC1. The number of amides is 3. The molecule has 3 amide bonds. The summed E-state index contributed by atoms with van der Waals surface area (Å²) in [4.78, 5) is 64.1. The highest BCUT2D eigenvalue weighted by atomic mass is 16.7. The number of aromatic nitrogens is 2. The molecule has 13 heteroatoms. The molecule has 0 bridgehead atoms. The van der Waals surface area contributed by atoms with E-state index in [4.69, 9.17) is 19.6 Å². The lowest BCUT2D eigenvalue weighted by Crippen LogP contribution is -2.55. The quantitative estimate of drug-likeness (QED) is 0.334. The second-order valence-electron chi connectivity index (χ2n) is 10.9. The smallest absolute Gasteiger partial charge is 0.450 e. The highest BCUT2D eigenvalue weighted by Crippen LogP contribution is 2.48. The number of unbranched alkanes of at least 4 members (excludes halogenated alkanes) is 1. The number of carbonyl (C=O) groups excluding carboxylic acids is 3. The minimum Gasteiger partial charge on any atom is -0.450 e. The number of piperazine rings is 1. The van der Waals surface area contributed by atoms with E-state index in [1.54, 1.807) is 22.8 Å². The predicted octanol–water partition coefficient (Wildman–Crippen LogP) is 2.47. The first-order valence-electron chi connectivity index (χ1n) is 14.4. The van der Waals surface area contributed by atoms with E-state index in [1.807, 2.05) is 42.2 Å². The number of nitrogens with zero attached hydrogens (tertiary/aromatic N) is 5. The van der Waals surface area contributed by atoms with Crippen LogP contribution < -0.4 is 10.2 Å². The van der Waals surface area contributed by atoms with Gasteiger partial charge in [-0.25, -0.2) is 19.6 Å². The summed E-state index contributed by atoms with van der Waals surface area (Å²) in [5, 5.41) is 11.7. The Morgan fingerprint density at radius 3 is 2.33 bits per heavy atom. The molecule has 0 spiro atoms. The fraction of sp³-hybridized carbons (Fsp3) is 0.517. The van der Waals surface area contributed by atoms with Gasteiger partial charge in [0.25, 0.3) is 5.91 Å². The summed E-state index contributed by atoms with van der Waals surface area (Å²) in [5.74, 6) is 0.346. The van der Waals surface area contributed by atoms with Crippen molar-refractivity contribution >= 4 is 29.9 Å². The molecule has 3 fully saturated rings. The number of piperidine rings is 1. The van der Waals surface area contributed by atoms with Gasteiger partial charge < -0.3 is 34.6 Å². The maximum atomic E-state index is 13.4. The van der Waals surface area contributed by atoms with E-state index in [1.165, 1.54) is 0 Å². The number of hydrogen-bond donors (Lipinski definition) is 2. The van der Waals surface area contributed by atoms with Crippen LogP contribution in [0.25, 0.3) is 11.4 Å². The third-order valence-corrected chi connectivity index (χ3v) is 7.94. The molecule has 2 N–H and O–H groups in total. The monoisotopic (exact) mass is 580 g/mol. The standard InChI is InChI=1S/C29H36N6O7/c1-3-4-14-41-28(38)34-12-10-33(11-13-34)27(37)18(2)30-26(36)22-15-23(32-25(31-22)19-8-6-5-7-9-19)35-16-20-21(17-35)24(20)42-29(39)40/h5-9,15,18,20-21,24H,3-4,10-14,16-17H2,1-2H3,(H,30,36)(H,39,40)/t18-,20-,21+,24+/m0/s1. The normalized spacial score (nSPS) is 21.8. The summed E-state index contributed by atoms with van der Waals surface area (Å²) in [7, 11) is 0. The third-order valence-electron chi connectivity index (χ3n) is 7.94. The van der Waals surface area contributed by atoms with Crippen LogP contribution in [0.1, 0.15) is 37.2 Å². The van der Waals surface area contributed by atoms with Gasteiger partial charge in [-0.2, -0.15) is 0 Å². The lowest BCUT2D eigenvalue weighted by Gasteiger charge is -2.35. The fourth-order valence-electron chi connectivity index (χ4n) is 5.49. The number of nitrogens with one attached hydrogen (secondary N) is 1. The van der Waals surface area contributed by atoms with Gasteiger partial charge in [0.15, 0.2) is 5.82 Å². The maximum Gasteiger partial charge on any atom is 0.506 e. The predicted molar refractivity (Wildman–Crippen MR) is 151 cm³/mol. The molecule has 1 saturated carbocycles. The largest absolute Gasteiger partial charge is 0.506 e. The Labute approximate surface area is 243 Å². The van der Waals surface area contributed by atoms with Gasteiger partial charge in [0.2, 0.25) is 5.91 Å². The number of hydrogen-bond acceptors (Lipinski definition) is 9. The van der Waals surface area contributed by atoms with Crippen LogP contribution in [0.4, 0.5) is 15.4 Å². The molecule has 1 aromatic carbocycles. The number of carbonyl (C=O) groups is 4. The van der Waals surface area contributed by atoms with Crippen LogP contribution in [0.15, 0.2) is 36.4 Å². The van der Waals surface area contributed by atoms with Crippen LogP contribution in [0, 0.1) is 11.8 Å². The molecule has 2 aromatic rings. The first-order chi connectivity index (χ1) is 20.2. The van der Waals surface area contributed by atoms with Gasteiger partial charge in [0.1, 0.15) is 23.7 Å². The van der Waals surface area contributed by atoms with E-state index >= 15 is 0 Å². The zero-order valence-electron chi connectivity index (χ0n) is 23.8. The molecule has 224 valence electrons. The first-order valence-corrected chi connectivity index (χ1v) is 14.4. The van der Waals surface area contributed by atoms with E-state index < -0.39 is 18.1 Å². The third kappa shape index (κ3) is 6.55. The molecule has 1 aliphatic carbocycles. The van der Waals surface area contributed by atoms with Gasteiger partial charge in [-0.1, -0.05) is 43.7 Å². The summed E-state index contributed by atoms with van der Waals surface area (Å²) in [5.41, 5.74) is 0.858. The van der Waals surface area contributed by atoms with Crippen LogP contribution >= 0.6 is 0 Å². The molecule has 2 saturated heterocycles. The van der Waals surface area contributed by atoms with Crippen LogP contribution in [0.2, 0.25) is 0 Å². The maximum absolute atomic E-state index is 13.4. The minimum absolute atomic E-state index is 0.0878. The van der Waals surface area contributed by atoms with Crippen LogP contribution in [0.3, 0.4) is 0 Å². The minimum atomic E-state index is -1.27. The molecule has 3 heterocycles. The van der Waals surface area contributed by atoms with Crippen LogP contribution in [0.5, 0.6) is 0 Å². The van der Waals surface area contributed by atoms with E-state index in [0.717, 1.165) is 18.4 Å². The van der Waals surface area contributed by atoms with Crippen molar-refractivity contribution in [3.05, 3.63) is 42.1 Å². The Hall–Kier alpha value is -4.42. The van der Waals surface area contributed by atoms with E-state index in [9.17, 15) is 19.2 Å². The van der Waals surface area contributed by atoms with Gasteiger partial charge in [-0.3, -0.25) is 9.59 Å². The Balaban J connectivity index is 1.23. The molecule has 4 atom stereocenters. The topological polar surface area (TPSA) is 154 Å². The van der Waals surface area contributed by atoms with Crippen molar-refractivity contribution in [1.82, 2.24) is 25.1 Å². The van der Waals surface area contributed by atoms with E-state index in [-0.39, 0.29) is 35.6 Å². The highest BCUT2D eigenvalue weighted by Gasteiger charge is 2.59. The summed E-state index contributed by atoms with van der Waals surface area (Å²) in [6.45, 7) is 6.57. The van der Waals surface area contributed by atoms with Crippen molar-refractivity contribution in [3.63, 3.8) is 0 Å². The zero-order valence-corrected chi connectivity index (χ0v) is 23.8. The zero-order chi connectivity index (χ0) is 29.8. The highest BCUT2D eigenvalue weighted by molar-refractivity contribution is 5.97. The number of rotatable bonds is 9. The van der Waals surface area contributed by atoms with Crippen molar-refractivity contribution in [1.29, 1.82) is 0 Å². The Bertz CT molecular complexity index is 1300. The summed E-state index contributed by atoms with van der Waals surface area (Å²) < 4.78 is 10.2. The Morgan fingerprint density at radius 1 is 1.02 bits per heavy atom. The van der Waals surface area contributed by atoms with Crippen molar-refractivity contribution in [2.24, 2.45) is 11.8 Å². The Kier molecular flexibility index (Phi) is 8.74. The summed E-state index contributed by atoms with van der Waals surface area (Å²) >= 11 is 0. The molecule has 3 aliphatic rings. The van der Waals surface area contributed by atoms with E-state index in [0.29, 0.717) is 57.5 Å². The summed E-state index contributed by atoms with van der Waals surface area (Å²) in [6, 6.07) is 10.1. The van der Waals surface area contributed by atoms with Gasteiger partial charge in [0, 0.05) is 62.7 Å². The van der Waals surface area contributed by atoms with E-state index in [2.05, 4.69) is 10.3 Å². The number of carboxylic acid groups (broad SMARTS) is 1. The molecule has 0 radical (unpaired) electrons. The number of anilines is 1. The average molecular weight is 581 g/mol. The molecule has 1 aromatic heterocycles.